The van der Waals surface area contributed by atoms with E-state index in [2.05, 4.69) is 22.9 Å². The Hall–Kier alpha value is -0.0900. The second-order valence-electron chi connectivity index (χ2n) is 5.29. The molecule has 96 valence electrons. The molecule has 1 heterocycles. The molecule has 0 radical (unpaired) electrons. The number of aryl methyl sites for hydroxylation is 1. The van der Waals surface area contributed by atoms with E-state index in [0.717, 1.165) is 22.4 Å². The van der Waals surface area contributed by atoms with Crippen molar-refractivity contribution < 1.29 is 0 Å². The van der Waals surface area contributed by atoms with Crippen molar-refractivity contribution in [1.29, 1.82) is 0 Å². The third-order valence-electron chi connectivity index (χ3n) is 4.07. The number of nitrogens with zero attached hydrogens (tertiary/aromatic N) is 1. The molecule has 1 aromatic heterocycles. The largest absolute Gasteiger partial charge is 0.307 e. The van der Waals surface area contributed by atoms with Gasteiger partial charge in [0.2, 0.25) is 0 Å². The molecule has 0 unspecified atom stereocenters. The van der Waals surface area contributed by atoms with E-state index in [9.17, 15) is 4.79 Å². The van der Waals surface area contributed by atoms with Gasteiger partial charge in [0, 0.05) is 22.4 Å². The maximum absolute atomic E-state index is 12.0. The Balaban J connectivity index is 2.26. The number of halogens is 1. The first kappa shape index (κ1) is 13.3. The molecule has 1 saturated carbocycles. The first-order chi connectivity index (χ1) is 8.08. The molecule has 1 fully saturated rings. The van der Waals surface area contributed by atoms with Gasteiger partial charge in [0.25, 0.3) is 0 Å². The van der Waals surface area contributed by atoms with Crippen LogP contribution in [-0.4, -0.2) is 9.90 Å². The second kappa shape index (κ2) is 5.27. The molecule has 1 aromatic rings. The first-order valence-corrected chi connectivity index (χ1v) is 8.25. The Bertz CT molecular complexity index is 443. The normalized spacial score (nSPS) is 19.5. The third kappa shape index (κ3) is 2.68. The minimum Gasteiger partial charge on any atom is -0.302 e. The summed E-state index contributed by atoms with van der Waals surface area (Å²) in [7, 11) is 0. The fourth-order valence-corrected chi connectivity index (χ4v) is 4.31. The Morgan fingerprint density at radius 3 is 2.41 bits per heavy atom. The average molecular weight is 318 g/mol. The molecule has 0 bridgehead atoms. The zero-order chi connectivity index (χ0) is 12.5. The monoisotopic (exact) mass is 317 g/mol. The SMILES string of the molecule is Cc1sc(=O)n(CC2(CBr)CCCCC2)c1C. The lowest BCUT2D eigenvalue weighted by Crippen LogP contribution is -2.34. The van der Waals surface area contributed by atoms with Crippen LogP contribution in [0.25, 0.3) is 0 Å². The highest BCUT2D eigenvalue weighted by molar-refractivity contribution is 9.09. The second-order valence-corrected chi connectivity index (χ2v) is 7.02. The molecule has 17 heavy (non-hydrogen) atoms. The predicted octanol–water partition coefficient (Wildman–Crippen LogP) is 3.87. The molecule has 1 aliphatic carbocycles. The van der Waals surface area contributed by atoms with Crippen molar-refractivity contribution in [2.45, 2.75) is 52.5 Å². The lowest BCUT2D eigenvalue weighted by atomic mass is 9.75. The van der Waals surface area contributed by atoms with E-state index in [1.54, 1.807) is 0 Å². The van der Waals surface area contributed by atoms with Crippen LogP contribution in [0.1, 0.15) is 42.7 Å². The van der Waals surface area contributed by atoms with Crippen LogP contribution in [0, 0.1) is 19.3 Å². The standard InChI is InChI=1S/C13H20BrNOS/c1-10-11(2)17-12(16)15(10)9-13(8-14)6-4-3-5-7-13/h3-9H2,1-2H3. The van der Waals surface area contributed by atoms with Crippen LogP contribution in [0.2, 0.25) is 0 Å². The Labute approximate surface area is 115 Å². The molecule has 2 nitrogen and oxygen atoms in total. The van der Waals surface area contributed by atoms with Crippen LogP contribution in [0.15, 0.2) is 4.79 Å². The lowest BCUT2D eigenvalue weighted by molar-refractivity contribution is 0.189. The van der Waals surface area contributed by atoms with E-state index in [-0.39, 0.29) is 4.87 Å². The number of alkyl halides is 1. The smallest absolute Gasteiger partial charge is 0.302 e. The van der Waals surface area contributed by atoms with E-state index < -0.39 is 0 Å². The van der Waals surface area contributed by atoms with Crippen molar-refractivity contribution in [2.24, 2.45) is 5.41 Å². The number of aromatic nitrogens is 1. The topological polar surface area (TPSA) is 22.0 Å². The van der Waals surface area contributed by atoms with Crippen molar-refractivity contribution in [3.8, 4) is 0 Å². The van der Waals surface area contributed by atoms with E-state index in [4.69, 9.17) is 0 Å². The number of hydrogen-bond donors (Lipinski definition) is 0. The van der Waals surface area contributed by atoms with Gasteiger partial charge in [0.15, 0.2) is 0 Å². The highest BCUT2D eigenvalue weighted by atomic mass is 79.9. The summed E-state index contributed by atoms with van der Waals surface area (Å²) in [5, 5.41) is 1.01. The van der Waals surface area contributed by atoms with Gasteiger partial charge < -0.3 is 4.57 Å². The molecule has 1 aliphatic rings. The van der Waals surface area contributed by atoms with Gasteiger partial charge in [-0.15, -0.1) is 0 Å². The van der Waals surface area contributed by atoms with Crippen LogP contribution in [-0.2, 0) is 6.54 Å². The first-order valence-electron chi connectivity index (χ1n) is 6.31. The maximum atomic E-state index is 12.0. The number of hydrogen-bond acceptors (Lipinski definition) is 2. The van der Waals surface area contributed by atoms with Crippen molar-refractivity contribution in [3.05, 3.63) is 20.2 Å². The predicted molar refractivity (Wildman–Crippen MR) is 77.4 cm³/mol. The summed E-state index contributed by atoms with van der Waals surface area (Å²) in [5.41, 5.74) is 1.46. The van der Waals surface area contributed by atoms with Crippen LogP contribution < -0.4 is 4.87 Å². The minimum absolute atomic E-state index is 0.214. The molecule has 4 heteroatoms. The summed E-state index contributed by atoms with van der Waals surface area (Å²) >= 11 is 5.06. The molecule has 0 aliphatic heterocycles. The molecule has 0 saturated heterocycles. The zero-order valence-electron chi connectivity index (χ0n) is 10.6. The van der Waals surface area contributed by atoms with Crippen molar-refractivity contribution in [2.75, 3.05) is 5.33 Å². The van der Waals surface area contributed by atoms with Gasteiger partial charge in [-0.05, 0) is 32.1 Å². The lowest BCUT2D eigenvalue weighted by Gasteiger charge is -2.36. The van der Waals surface area contributed by atoms with E-state index in [1.165, 1.54) is 43.4 Å². The number of thiazole rings is 1. The van der Waals surface area contributed by atoms with Gasteiger partial charge in [-0.25, -0.2) is 0 Å². The summed E-state index contributed by atoms with van der Waals surface area (Å²) in [5.74, 6) is 0. The minimum atomic E-state index is 0.214. The summed E-state index contributed by atoms with van der Waals surface area (Å²) in [4.78, 5) is 13.3. The number of rotatable bonds is 3. The fourth-order valence-electron chi connectivity index (χ4n) is 2.74. The summed E-state index contributed by atoms with van der Waals surface area (Å²) in [6.07, 6.45) is 6.47. The van der Waals surface area contributed by atoms with Crippen LogP contribution in [0.4, 0.5) is 0 Å². The van der Waals surface area contributed by atoms with E-state index in [0.29, 0.717) is 5.41 Å². The average Bonchev–Trinajstić information content (AvgIpc) is 2.57. The van der Waals surface area contributed by atoms with Gasteiger partial charge >= 0.3 is 4.87 Å². The summed E-state index contributed by atoms with van der Waals surface area (Å²) < 4.78 is 1.99. The van der Waals surface area contributed by atoms with Gasteiger partial charge in [-0.2, -0.15) is 0 Å². The molecular formula is C13H20BrNOS. The highest BCUT2D eigenvalue weighted by Gasteiger charge is 2.32. The molecular weight excluding hydrogens is 298 g/mol. The van der Waals surface area contributed by atoms with E-state index in [1.807, 2.05) is 11.5 Å². The highest BCUT2D eigenvalue weighted by Crippen LogP contribution is 2.39. The van der Waals surface area contributed by atoms with Crippen molar-refractivity contribution in [3.63, 3.8) is 0 Å². The molecule has 0 aromatic carbocycles. The van der Waals surface area contributed by atoms with Crippen LogP contribution >= 0.6 is 27.3 Å². The van der Waals surface area contributed by atoms with Gasteiger partial charge in [0.1, 0.15) is 0 Å². The van der Waals surface area contributed by atoms with Crippen LogP contribution in [0.3, 0.4) is 0 Å². The molecule has 2 rings (SSSR count). The third-order valence-corrected chi connectivity index (χ3v) is 6.25. The van der Waals surface area contributed by atoms with Crippen LogP contribution in [0.5, 0.6) is 0 Å². The molecule has 0 spiro atoms. The quantitative estimate of drug-likeness (QED) is 0.776. The maximum Gasteiger partial charge on any atom is 0.307 e. The Kier molecular flexibility index (Phi) is 4.14. The summed E-state index contributed by atoms with van der Waals surface area (Å²) in [6.45, 7) is 5.00. The molecule has 0 atom stereocenters. The Morgan fingerprint density at radius 1 is 1.29 bits per heavy atom. The molecule has 0 amide bonds. The summed E-state index contributed by atoms with van der Waals surface area (Å²) in [6, 6.07) is 0. The van der Waals surface area contributed by atoms with Crippen molar-refractivity contribution in [1.82, 2.24) is 4.57 Å². The Morgan fingerprint density at radius 2 is 1.94 bits per heavy atom. The van der Waals surface area contributed by atoms with Crippen molar-refractivity contribution >= 4 is 27.3 Å². The van der Waals surface area contributed by atoms with Gasteiger partial charge in [-0.3, -0.25) is 4.79 Å². The zero-order valence-corrected chi connectivity index (χ0v) is 13.0. The fraction of sp³-hybridized carbons (Fsp3) is 0.769. The molecule has 0 N–H and O–H groups in total. The van der Waals surface area contributed by atoms with Gasteiger partial charge in [-0.1, -0.05) is 46.5 Å². The van der Waals surface area contributed by atoms with Gasteiger partial charge in [0.05, 0.1) is 0 Å². The van der Waals surface area contributed by atoms with E-state index >= 15 is 0 Å².